The molecule has 2 aromatic carbocycles. The van der Waals surface area contributed by atoms with Gasteiger partial charge in [0.15, 0.2) is 0 Å². The van der Waals surface area contributed by atoms with E-state index in [1.165, 1.54) is 69.8 Å². The van der Waals surface area contributed by atoms with E-state index in [1.807, 2.05) is 0 Å². The molecular formula is C26H37NP-. The molecule has 4 rings (SSSR count). The van der Waals surface area contributed by atoms with Crippen LogP contribution < -0.4 is 5.30 Å². The van der Waals surface area contributed by atoms with Crippen LogP contribution in [-0.2, 0) is 0 Å². The summed E-state index contributed by atoms with van der Waals surface area (Å²) in [5.41, 5.74) is 4.96. The Labute approximate surface area is 173 Å². The molecule has 0 aromatic heterocycles. The summed E-state index contributed by atoms with van der Waals surface area (Å²) in [7, 11) is 4.45. The van der Waals surface area contributed by atoms with Crippen molar-refractivity contribution in [2.45, 2.75) is 81.6 Å². The highest BCUT2D eigenvalue weighted by atomic mass is 31.1. The number of hydrogen-bond donors (Lipinski definition) is 0. The second kappa shape index (κ2) is 9.64. The van der Waals surface area contributed by atoms with Crippen LogP contribution in [0.4, 0.5) is 0 Å². The van der Waals surface area contributed by atoms with Crippen LogP contribution in [0.25, 0.3) is 0 Å². The van der Waals surface area contributed by atoms with Gasteiger partial charge in [0.25, 0.3) is 0 Å². The maximum absolute atomic E-state index is 2.52. The van der Waals surface area contributed by atoms with Crippen LogP contribution in [0.15, 0.2) is 48.5 Å². The normalized spacial score (nSPS) is 20.7. The fraction of sp³-hybridized carbons (Fsp3) is 0.577. The molecule has 0 spiro atoms. The first-order valence-corrected chi connectivity index (χ1v) is 13.0. The molecular weight excluding hydrogens is 357 g/mol. The summed E-state index contributed by atoms with van der Waals surface area (Å²) in [5.74, 6) is 0. The van der Waals surface area contributed by atoms with Crippen LogP contribution in [0.1, 0.15) is 81.4 Å². The fourth-order valence-electron chi connectivity index (χ4n) is 5.69. The smallest absolute Gasteiger partial charge is 0.00522 e. The van der Waals surface area contributed by atoms with E-state index >= 15 is 0 Å². The van der Waals surface area contributed by atoms with Crippen molar-refractivity contribution in [3.63, 3.8) is 0 Å². The van der Waals surface area contributed by atoms with E-state index in [-0.39, 0.29) is 7.92 Å². The van der Waals surface area contributed by atoms with Crippen LogP contribution in [0, 0.1) is 0 Å². The van der Waals surface area contributed by atoms with Crippen LogP contribution in [0.2, 0.25) is 0 Å². The van der Waals surface area contributed by atoms with E-state index in [1.54, 1.807) is 10.9 Å². The molecule has 0 N–H and O–H groups in total. The first-order valence-electron chi connectivity index (χ1n) is 11.5. The third-order valence-electron chi connectivity index (χ3n) is 6.97. The minimum absolute atomic E-state index is 0.0501. The van der Waals surface area contributed by atoms with Gasteiger partial charge in [-0.15, -0.1) is 5.30 Å². The van der Waals surface area contributed by atoms with E-state index in [2.05, 4.69) is 67.5 Å². The molecule has 2 saturated carbocycles. The van der Waals surface area contributed by atoms with Gasteiger partial charge in [-0.1, -0.05) is 76.8 Å². The maximum atomic E-state index is 2.52. The SMILES string of the molecule is CN(C)C(c1ccccc1)c1cc[cH-]c1P(C1CCCCC1)C1CCCCC1. The molecule has 0 aliphatic heterocycles. The molecule has 0 radical (unpaired) electrons. The summed E-state index contributed by atoms with van der Waals surface area (Å²) in [6.45, 7) is 0. The second-order valence-electron chi connectivity index (χ2n) is 9.13. The molecule has 0 saturated heterocycles. The minimum atomic E-state index is -0.0501. The topological polar surface area (TPSA) is 3.24 Å². The van der Waals surface area contributed by atoms with Crippen molar-refractivity contribution in [3.8, 4) is 0 Å². The lowest BCUT2D eigenvalue weighted by molar-refractivity contribution is 0.344. The van der Waals surface area contributed by atoms with E-state index in [0.717, 1.165) is 11.3 Å². The van der Waals surface area contributed by atoms with Gasteiger partial charge >= 0.3 is 0 Å². The van der Waals surface area contributed by atoms with Gasteiger partial charge in [0.1, 0.15) is 0 Å². The Bertz CT molecular complexity index is 689. The molecule has 2 heteroatoms. The molecule has 1 unspecified atom stereocenters. The number of nitrogens with zero attached hydrogens (tertiary/aromatic N) is 1. The van der Waals surface area contributed by atoms with Crippen LogP contribution in [0.5, 0.6) is 0 Å². The Morgan fingerprint density at radius 2 is 1.39 bits per heavy atom. The van der Waals surface area contributed by atoms with Crippen molar-refractivity contribution in [2.24, 2.45) is 0 Å². The molecule has 0 bridgehead atoms. The largest absolute Gasteiger partial charge is 0.310 e. The first kappa shape index (κ1) is 20.2. The molecule has 1 atom stereocenters. The van der Waals surface area contributed by atoms with E-state index in [0.29, 0.717) is 6.04 Å². The summed E-state index contributed by atoms with van der Waals surface area (Å²) in [6, 6.07) is 18.8. The van der Waals surface area contributed by atoms with Crippen LogP contribution in [0.3, 0.4) is 0 Å². The summed E-state index contributed by atoms with van der Waals surface area (Å²) >= 11 is 0. The number of hydrogen-bond acceptors (Lipinski definition) is 1. The first-order chi connectivity index (χ1) is 13.8. The van der Waals surface area contributed by atoms with Crippen molar-refractivity contribution < 1.29 is 0 Å². The number of rotatable bonds is 6. The van der Waals surface area contributed by atoms with Gasteiger partial charge in [0, 0.05) is 6.04 Å². The van der Waals surface area contributed by atoms with Gasteiger partial charge < -0.3 is 4.90 Å². The van der Waals surface area contributed by atoms with Crippen molar-refractivity contribution in [1.82, 2.24) is 4.90 Å². The van der Waals surface area contributed by atoms with Crippen LogP contribution >= 0.6 is 7.92 Å². The molecule has 2 aliphatic carbocycles. The summed E-state index contributed by atoms with van der Waals surface area (Å²) in [6.07, 6.45) is 14.7. The van der Waals surface area contributed by atoms with Gasteiger partial charge in [-0.25, -0.2) is 6.07 Å². The maximum Gasteiger partial charge on any atom is 0.00522 e. The van der Waals surface area contributed by atoms with Gasteiger partial charge in [0.05, 0.1) is 0 Å². The molecule has 2 fully saturated rings. The lowest BCUT2D eigenvalue weighted by Crippen LogP contribution is -2.30. The second-order valence-corrected chi connectivity index (χ2v) is 11.9. The molecule has 0 heterocycles. The molecule has 1 nitrogen and oxygen atoms in total. The highest BCUT2D eigenvalue weighted by molar-refractivity contribution is 7.67. The number of benzene rings is 1. The average Bonchev–Trinajstić information content (AvgIpc) is 3.19. The Morgan fingerprint density at radius 1 is 0.821 bits per heavy atom. The zero-order valence-electron chi connectivity index (χ0n) is 17.8. The van der Waals surface area contributed by atoms with Gasteiger partial charge in [-0.2, -0.15) is 17.7 Å². The summed E-state index contributed by atoms with van der Waals surface area (Å²) in [5, 5.41) is 1.75. The fourth-order valence-corrected chi connectivity index (χ4v) is 9.67. The van der Waals surface area contributed by atoms with Crippen LogP contribution in [-0.4, -0.2) is 30.3 Å². The van der Waals surface area contributed by atoms with Gasteiger partial charge in [0.2, 0.25) is 0 Å². The monoisotopic (exact) mass is 394 g/mol. The van der Waals surface area contributed by atoms with E-state index in [9.17, 15) is 0 Å². The Hall–Kier alpha value is -1.04. The quantitative estimate of drug-likeness (QED) is 0.383. The predicted molar refractivity (Wildman–Crippen MR) is 124 cm³/mol. The molecule has 2 aliphatic rings. The zero-order chi connectivity index (χ0) is 19.3. The molecule has 152 valence electrons. The predicted octanol–water partition coefficient (Wildman–Crippen LogP) is 6.83. The third-order valence-corrected chi connectivity index (χ3v) is 10.5. The zero-order valence-corrected chi connectivity index (χ0v) is 18.7. The third kappa shape index (κ3) is 4.42. The molecule has 2 aromatic rings. The summed E-state index contributed by atoms with van der Waals surface area (Å²) in [4.78, 5) is 2.42. The van der Waals surface area contributed by atoms with Gasteiger partial charge in [-0.05, 0) is 56.7 Å². The lowest BCUT2D eigenvalue weighted by atomic mass is 9.99. The molecule has 0 amide bonds. The van der Waals surface area contributed by atoms with Crippen molar-refractivity contribution in [1.29, 1.82) is 0 Å². The highest BCUT2D eigenvalue weighted by Crippen LogP contribution is 2.56. The minimum Gasteiger partial charge on any atom is -0.310 e. The van der Waals surface area contributed by atoms with E-state index < -0.39 is 0 Å². The summed E-state index contributed by atoms with van der Waals surface area (Å²) < 4.78 is 0. The Kier molecular flexibility index (Phi) is 6.97. The highest BCUT2D eigenvalue weighted by Gasteiger charge is 2.32. The van der Waals surface area contributed by atoms with Crippen molar-refractivity contribution in [3.05, 3.63) is 59.7 Å². The Morgan fingerprint density at radius 3 is 1.93 bits per heavy atom. The standard InChI is InChI=1S/C26H37NP/c1-27(2)26(21-13-6-3-7-14-21)24-19-12-20-25(24)28(22-15-8-4-9-16-22)23-17-10-5-11-18-23/h3,6-7,12-14,19-20,22-23,26H,4-5,8-11,15-18H2,1-2H3/q-1. The average molecular weight is 395 g/mol. The van der Waals surface area contributed by atoms with Crippen molar-refractivity contribution in [2.75, 3.05) is 14.1 Å². The molecule has 28 heavy (non-hydrogen) atoms. The lowest BCUT2D eigenvalue weighted by Gasteiger charge is -2.43. The van der Waals surface area contributed by atoms with Crippen molar-refractivity contribution >= 4 is 13.2 Å². The van der Waals surface area contributed by atoms with Gasteiger partial charge in [-0.3, -0.25) is 0 Å². The Balaban J connectivity index is 1.72. The van der Waals surface area contributed by atoms with E-state index in [4.69, 9.17) is 0 Å².